The molecule has 0 bridgehead atoms. The van der Waals surface area contributed by atoms with Crippen LogP contribution in [0.15, 0.2) is 52.9 Å². The number of ether oxygens (including phenoxy) is 2. The molecule has 1 unspecified atom stereocenters. The molecule has 3 rings (SSSR count). The monoisotopic (exact) mass is 344 g/mol. The largest absolute Gasteiger partial charge is 0.490 e. The molecule has 6 heteroatoms. The van der Waals surface area contributed by atoms with E-state index in [1.807, 2.05) is 0 Å². The van der Waals surface area contributed by atoms with Crippen LogP contribution in [0.1, 0.15) is 29.1 Å². The molecular weight excluding hydrogens is 327 g/mol. The lowest BCUT2D eigenvalue weighted by Gasteiger charge is -2.10. The highest BCUT2D eigenvalue weighted by Gasteiger charge is 2.15. The number of fused-ring (bicyclic) bond motifs is 1. The highest BCUT2D eigenvalue weighted by molar-refractivity contribution is 5.89. The second-order valence-electron chi connectivity index (χ2n) is 5.40. The Morgan fingerprint density at radius 3 is 2.68 bits per heavy atom. The molecule has 0 spiro atoms. The Balaban J connectivity index is 1.63. The molecule has 2 aromatic carbocycles. The lowest BCUT2D eigenvalue weighted by atomic mass is 10.2. The van der Waals surface area contributed by atoms with E-state index in [0.29, 0.717) is 34.6 Å². The summed E-state index contributed by atoms with van der Waals surface area (Å²) >= 11 is 0. The van der Waals surface area contributed by atoms with Crippen molar-refractivity contribution in [2.24, 2.45) is 0 Å². The number of carbonyl (C=O) groups is 1. The number of esters is 1. The van der Waals surface area contributed by atoms with Crippen LogP contribution < -0.4 is 4.74 Å². The molecule has 25 heavy (non-hydrogen) atoms. The second kappa shape index (κ2) is 7.36. The molecule has 0 amide bonds. The molecule has 0 aliphatic heterocycles. The molecule has 0 radical (unpaired) electrons. The van der Waals surface area contributed by atoms with Gasteiger partial charge in [0, 0.05) is 5.39 Å². The molecule has 3 aromatic rings. The van der Waals surface area contributed by atoms with Gasteiger partial charge >= 0.3 is 5.97 Å². The summed E-state index contributed by atoms with van der Waals surface area (Å²) in [4.78, 5) is 11.6. The first-order valence-electron chi connectivity index (χ1n) is 7.84. The van der Waals surface area contributed by atoms with Crippen LogP contribution in [0.25, 0.3) is 11.0 Å². The van der Waals surface area contributed by atoms with E-state index in [1.165, 1.54) is 18.2 Å². The van der Waals surface area contributed by atoms with Gasteiger partial charge in [-0.15, -0.1) is 0 Å². The molecule has 0 saturated heterocycles. The summed E-state index contributed by atoms with van der Waals surface area (Å²) in [6.45, 7) is 2.01. The van der Waals surface area contributed by atoms with Gasteiger partial charge in [0.25, 0.3) is 0 Å². The Hall–Kier alpha value is -2.86. The van der Waals surface area contributed by atoms with Crippen LogP contribution in [0.3, 0.4) is 0 Å². The van der Waals surface area contributed by atoms with Crippen LogP contribution in [0.4, 0.5) is 4.39 Å². The van der Waals surface area contributed by atoms with Crippen LogP contribution >= 0.6 is 0 Å². The highest BCUT2D eigenvalue weighted by atomic mass is 19.1. The zero-order valence-electron chi connectivity index (χ0n) is 13.6. The van der Waals surface area contributed by atoms with Gasteiger partial charge in [-0.25, -0.2) is 9.18 Å². The van der Waals surface area contributed by atoms with Crippen molar-refractivity contribution < 1.29 is 28.2 Å². The first-order chi connectivity index (χ1) is 12.1. The van der Waals surface area contributed by atoms with Crippen LogP contribution in [-0.2, 0) is 4.74 Å². The Kier molecular flexibility index (Phi) is 5.00. The van der Waals surface area contributed by atoms with E-state index in [0.717, 1.165) is 0 Å². The van der Waals surface area contributed by atoms with Crippen molar-refractivity contribution in [3.63, 3.8) is 0 Å². The number of furan rings is 1. The van der Waals surface area contributed by atoms with Gasteiger partial charge in [-0.3, -0.25) is 0 Å². The number of aliphatic hydroxyl groups is 1. The van der Waals surface area contributed by atoms with Crippen molar-refractivity contribution in [2.75, 3.05) is 13.2 Å². The third kappa shape index (κ3) is 3.97. The summed E-state index contributed by atoms with van der Waals surface area (Å²) in [6.07, 6.45) is -1.000. The van der Waals surface area contributed by atoms with Crippen LogP contribution in [0.2, 0.25) is 0 Å². The normalized spacial score (nSPS) is 12.1. The second-order valence-corrected chi connectivity index (χ2v) is 5.40. The summed E-state index contributed by atoms with van der Waals surface area (Å²) in [5.41, 5.74) is 0.920. The van der Waals surface area contributed by atoms with Crippen LogP contribution in [0.5, 0.6) is 5.75 Å². The van der Waals surface area contributed by atoms with Crippen molar-refractivity contribution in [3.05, 3.63) is 65.7 Å². The molecular formula is C19H17FO5. The van der Waals surface area contributed by atoms with E-state index >= 15 is 0 Å². The summed E-state index contributed by atoms with van der Waals surface area (Å²) in [5.74, 6) is 0.0221. The van der Waals surface area contributed by atoms with Gasteiger partial charge in [0.1, 0.15) is 35.6 Å². The van der Waals surface area contributed by atoms with Gasteiger partial charge in [0.15, 0.2) is 0 Å². The molecule has 130 valence electrons. The third-order valence-electron chi connectivity index (χ3n) is 3.60. The number of aliphatic hydroxyl groups excluding tert-OH is 1. The third-order valence-corrected chi connectivity index (χ3v) is 3.60. The molecule has 1 N–H and O–H groups in total. The maximum atomic E-state index is 13.2. The van der Waals surface area contributed by atoms with Crippen molar-refractivity contribution in [1.29, 1.82) is 0 Å². The number of hydrogen-bond acceptors (Lipinski definition) is 5. The first-order valence-corrected chi connectivity index (χ1v) is 7.84. The van der Waals surface area contributed by atoms with Crippen LogP contribution in [0, 0.1) is 5.82 Å². The van der Waals surface area contributed by atoms with Crippen molar-refractivity contribution in [1.82, 2.24) is 0 Å². The van der Waals surface area contributed by atoms with E-state index in [-0.39, 0.29) is 12.4 Å². The number of carbonyl (C=O) groups excluding carboxylic acids is 1. The van der Waals surface area contributed by atoms with Crippen LogP contribution in [-0.4, -0.2) is 24.3 Å². The zero-order valence-corrected chi connectivity index (χ0v) is 13.6. The SMILES string of the molecule is CCOC(=O)c1ccc(OCC(O)c2cc3cc(F)ccc3o2)cc1. The Morgan fingerprint density at radius 1 is 1.20 bits per heavy atom. The number of rotatable bonds is 6. The van der Waals surface area contributed by atoms with E-state index in [2.05, 4.69) is 0 Å². The summed E-state index contributed by atoms with van der Waals surface area (Å²) in [5, 5.41) is 10.8. The van der Waals surface area contributed by atoms with Gasteiger partial charge in [-0.05, 0) is 55.5 Å². The fourth-order valence-electron chi connectivity index (χ4n) is 2.36. The minimum atomic E-state index is -1.000. The fraction of sp³-hybridized carbons (Fsp3) is 0.211. The molecule has 5 nitrogen and oxygen atoms in total. The van der Waals surface area contributed by atoms with E-state index in [9.17, 15) is 14.3 Å². The average Bonchev–Trinajstić information content (AvgIpc) is 3.03. The maximum Gasteiger partial charge on any atom is 0.338 e. The van der Waals surface area contributed by atoms with E-state index in [1.54, 1.807) is 37.3 Å². The van der Waals surface area contributed by atoms with Gasteiger partial charge in [-0.1, -0.05) is 0 Å². The number of halogens is 1. The zero-order chi connectivity index (χ0) is 17.8. The molecule has 1 atom stereocenters. The molecule has 0 aliphatic rings. The number of hydrogen-bond donors (Lipinski definition) is 1. The summed E-state index contributed by atoms with van der Waals surface area (Å²) in [7, 11) is 0. The highest BCUT2D eigenvalue weighted by Crippen LogP contribution is 2.25. The lowest BCUT2D eigenvalue weighted by Crippen LogP contribution is -2.09. The van der Waals surface area contributed by atoms with Gasteiger partial charge < -0.3 is 19.0 Å². The predicted molar refractivity (Wildman–Crippen MR) is 89.0 cm³/mol. The standard InChI is InChI=1S/C19H17FO5/c1-2-23-19(22)12-3-6-15(7-4-12)24-11-16(21)18-10-13-9-14(20)5-8-17(13)25-18/h3-10,16,21H,2,11H2,1H3. The van der Waals surface area contributed by atoms with E-state index < -0.39 is 12.1 Å². The van der Waals surface area contributed by atoms with Gasteiger partial charge in [0.05, 0.1) is 12.2 Å². The van der Waals surface area contributed by atoms with Crippen molar-refractivity contribution in [2.45, 2.75) is 13.0 Å². The predicted octanol–water partition coefficient (Wildman–Crippen LogP) is 3.86. The minimum absolute atomic E-state index is 0.0406. The smallest absolute Gasteiger partial charge is 0.338 e. The number of benzene rings is 2. The molecule has 0 aliphatic carbocycles. The molecule has 0 saturated carbocycles. The maximum absolute atomic E-state index is 13.2. The van der Waals surface area contributed by atoms with E-state index in [4.69, 9.17) is 13.9 Å². The Bertz CT molecular complexity index is 869. The topological polar surface area (TPSA) is 68.9 Å². The fourth-order valence-corrected chi connectivity index (χ4v) is 2.36. The molecule has 0 fully saturated rings. The lowest BCUT2D eigenvalue weighted by molar-refractivity contribution is 0.0526. The average molecular weight is 344 g/mol. The Morgan fingerprint density at radius 2 is 1.96 bits per heavy atom. The summed E-state index contributed by atoms with van der Waals surface area (Å²) < 4.78 is 29.1. The quantitative estimate of drug-likeness (QED) is 0.688. The Labute approximate surface area is 143 Å². The van der Waals surface area contributed by atoms with Crippen molar-refractivity contribution in [3.8, 4) is 5.75 Å². The van der Waals surface area contributed by atoms with Crippen molar-refractivity contribution >= 4 is 16.9 Å². The first kappa shape index (κ1) is 17.0. The summed E-state index contributed by atoms with van der Waals surface area (Å²) in [6, 6.07) is 12.1. The van der Waals surface area contributed by atoms with Gasteiger partial charge in [0.2, 0.25) is 0 Å². The molecule has 1 aromatic heterocycles. The van der Waals surface area contributed by atoms with Gasteiger partial charge in [-0.2, -0.15) is 0 Å². The minimum Gasteiger partial charge on any atom is -0.490 e. The molecule has 1 heterocycles.